The summed E-state index contributed by atoms with van der Waals surface area (Å²) in [5.74, 6) is 0.420. The molecule has 96 valence electrons. The number of benzene rings is 1. The fourth-order valence-electron chi connectivity index (χ4n) is 1.62. The predicted octanol–water partition coefficient (Wildman–Crippen LogP) is 3.35. The van der Waals surface area contributed by atoms with Gasteiger partial charge in [-0.3, -0.25) is 4.79 Å². The number of hydrogen-bond donors (Lipinski definition) is 1. The second-order valence-electron chi connectivity index (χ2n) is 4.40. The molecule has 0 aliphatic rings. The van der Waals surface area contributed by atoms with Crippen LogP contribution in [0.2, 0.25) is 0 Å². The number of hydrogen-bond acceptors (Lipinski definition) is 2. The summed E-state index contributed by atoms with van der Waals surface area (Å²) in [4.78, 5) is 15.9. The Morgan fingerprint density at radius 2 is 1.89 bits per heavy atom. The van der Waals surface area contributed by atoms with Gasteiger partial charge >= 0.3 is 0 Å². The van der Waals surface area contributed by atoms with Crippen LogP contribution < -0.4 is 5.32 Å². The number of nitrogens with zero attached hydrogens (tertiary/aromatic N) is 1. The Hall–Kier alpha value is -2.42. The van der Waals surface area contributed by atoms with Gasteiger partial charge in [-0.05, 0) is 37.1 Å². The molecule has 0 saturated heterocycles. The van der Waals surface area contributed by atoms with Gasteiger partial charge in [-0.1, -0.05) is 35.9 Å². The molecule has 0 aliphatic heterocycles. The van der Waals surface area contributed by atoms with Crippen LogP contribution in [-0.2, 0) is 4.79 Å². The van der Waals surface area contributed by atoms with Gasteiger partial charge in [0.2, 0.25) is 5.91 Å². The second-order valence-corrected chi connectivity index (χ2v) is 4.40. The van der Waals surface area contributed by atoms with E-state index in [4.69, 9.17) is 0 Å². The molecule has 0 unspecified atom stereocenters. The highest BCUT2D eigenvalue weighted by molar-refractivity contribution is 6.01. The third kappa shape index (κ3) is 3.78. The lowest BCUT2D eigenvalue weighted by Crippen LogP contribution is -2.10. The van der Waals surface area contributed by atoms with Crippen molar-refractivity contribution in [2.45, 2.75) is 13.8 Å². The lowest BCUT2D eigenvalue weighted by Gasteiger charge is -2.03. The molecule has 1 heterocycles. The third-order valence-electron chi connectivity index (χ3n) is 2.76. The van der Waals surface area contributed by atoms with Gasteiger partial charge in [0.1, 0.15) is 5.82 Å². The largest absolute Gasteiger partial charge is 0.307 e. The lowest BCUT2D eigenvalue weighted by atomic mass is 10.1. The number of anilines is 1. The van der Waals surface area contributed by atoms with Crippen molar-refractivity contribution in [1.29, 1.82) is 0 Å². The van der Waals surface area contributed by atoms with Gasteiger partial charge in [0, 0.05) is 12.3 Å². The van der Waals surface area contributed by atoms with Gasteiger partial charge in [-0.2, -0.15) is 0 Å². The Morgan fingerprint density at radius 1 is 1.16 bits per heavy atom. The molecule has 0 atom stereocenters. The van der Waals surface area contributed by atoms with Crippen molar-refractivity contribution in [1.82, 2.24) is 4.98 Å². The molecular weight excluding hydrogens is 236 g/mol. The van der Waals surface area contributed by atoms with E-state index in [-0.39, 0.29) is 5.91 Å². The van der Waals surface area contributed by atoms with E-state index in [0.717, 1.165) is 11.1 Å². The molecule has 0 bridgehead atoms. The van der Waals surface area contributed by atoms with Gasteiger partial charge in [-0.15, -0.1) is 0 Å². The molecule has 0 aliphatic carbocycles. The van der Waals surface area contributed by atoms with Crippen molar-refractivity contribution < 1.29 is 4.79 Å². The normalized spacial score (nSPS) is 10.6. The molecule has 1 aromatic carbocycles. The average molecular weight is 252 g/mol. The summed E-state index contributed by atoms with van der Waals surface area (Å²) in [6.45, 7) is 3.94. The van der Waals surface area contributed by atoms with Gasteiger partial charge in [0.05, 0.1) is 0 Å². The summed E-state index contributed by atoms with van der Waals surface area (Å²) >= 11 is 0. The summed E-state index contributed by atoms with van der Waals surface area (Å²) in [5.41, 5.74) is 3.14. The highest BCUT2D eigenvalue weighted by Gasteiger charge is 2.01. The monoisotopic (exact) mass is 252 g/mol. The first-order valence-electron chi connectivity index (χ1n) is 6.12. The van der Waals surface area contributed by atoms with Crippen LogP contribution in [0.15, 0.2) is 48.7 Å². The van der Waals surface area contributed by atoms with Crippen molar-refractivity contribution in [3.8, 4) is 0 Å². The molecule has 2 aromatic rings. The molecule has 0 spiro atoms. The number of rotatable bonds is 3. The van der Waals surface area contributed by atoms with Gasteiger partial charge in [0.15, 0.2) is 0 Å². The zero-order valence-corrected chi connectivity index (χ0v) is 11.1. The Bertz CT molecular complexity index is 600. The second kappa shape index (κ2) is 5.96. The molecule has 3 heteroatoms. The van der Waals surface area contributed by atoms with Gasteiger partial charge in [0.25, 0.3) is 0 Å². The first-order valence-corrected chi connectivity index (χ1v) is 6.12. The molecule has 0 saturated carbocycles. The van der Waals surface area contributed by atoms with Crippen LogP contribution in [0.3, 0.4) is 0 Å². The highest BCUT2D eigenvalue weighted by Crippen LogP contribution is 2.09. The summed E-state index contributed by atoms with van der Waals surface area (Å²) in [6.07, 6.45) is 4.96. The standard InChI is InChI=1S/C16H16N2O/c1-12-5-7-14(8-6-12)9-10-15(19)18-16-13(2)4-3-11-17-16/h3-11H,1-2H3,(H,17,18,19)/b10-9+. The fraction of sp³-hybridized carbons (Fsp3) is 0.125. The Labute approximate surface area is 113 Å². The maximum atomic E-state index is 11.8. The number of aromatic nitrogens is 1. The van der Waals surface area contributed by atoms with Crippen LogP contribution in [0.25, 0.3) is 6.08 Å². The quantitative estimate of drug-likeness (QED) is 0.851. The zero-order valence-electron chi connectivity index (χ0n) is 11.1. The van der Waals surface area contributed by atoms with Crippen molar-refractivity contribution in [2.75, 3.05) is 5.32 Å². The molecule has 1 amide bonds. The van der Waals surface area contributed by atoms with Crippen LogP contribution in [0.1, 0.15) is 16.7 Å². The zero-order chi connectivity index (χ0) is 13.7. The molecule has 1 aromatic heterocycles. The van der Waals surface area contributed by atoms with E-state index >= 15 is 0 Å². The Kier molecular flexibility index (Phi) is 4.08. The van der Waals surface area contributed by atoms with E-state index in [9.17, 15) is 4.79 Å². The van der Waals surface area contributed by atoms with Crippen molar-refractivity contribution in [3.05, 3.63) is 65.4 Å². The number of carbonyl (C=O) groups excluding carboxylic acids is 1. The van der Waals surface area contributed by atoms with E-state index < -0.39 is 0 Å². The number of nitrogens with one attached hydrogen (secondary N) is 1. The first kappa shape index (κ1) is 13.0. The topological polar surface area (TPSA) is 42.0 Å². The minimum Gasteiger partial charge on any atom is -0.307 e. The van der Waals surface area contributed by atoms with E-state index in [2.05, 4.69) is 10.3 Å². The maximum absolute atomic E-state index is 11.8. The van der Waals surface area contributed by atoms with Crippen molar-refractivity contribution in [3.63, 3.8) is 0 Å². The van der Waals surface area contributed by atoms with E-state index in [1.807, 2.05) is 50.2 Å². The molecule has 0 radical (unpaired) electrons. The maximum Gasteiger partial charge on any atom is 0.249 e. The average Bonchev–Trinajstić information content (AvgIpc) is 2.41. The molecule has 3 nitrogen and oxygen atoms in total. The minimum absolute atomic E-state index is 0.178. The van der Waals surface area contributed by atoms with Crippen LogP contribution in [0.4, 0.5) is 5.82 Å². The molecular formula is C16H16N2O. The SMILES string of the molecule is Cc1ccc(/C=C/C(=O)Nc2ncccc2C)cc1. The number of carbonyl (C=O) groups is 1. The summed E-state index contributed by atoms with van der Waals surface area (Å²) in [7, 11) is 0. The fourth-order valence-corrected chi connectivity index (χ4v) is 1.62. The van der Waals surface area contributed by atoms with Crippen molar-refractivity contribution >= 4 is 17.8 Å². The summed E-state index contributed by atoms with van der Waals surface area (Å²) in [6, 6.07) is 11.7. The smallest absolute Gasteiger partial charge is 0.249 e. The number of pyridine rings is 1. The highest BCUT2D eigenvalue weighted by atomic mass is 16.1. The van der Waals surface area contributed by atoms with E-state index in [1.54, 1.807) is 12.3 Å². The van der Waals surface area contributed by atoms with Gasteiger partial charge in [-0.25, -0.2) is 4.98 Å². The van der Waals surface area contributed by atoms with E-state index in [0.29, 0.717) is 5.82 Å². The number of aryl methyl sites for hydroxylation is 2. The van der Waals surface area contributed by atoms with Crippen LogP contribution >= 0.6 is 0 Å². The van der Waals surface area contributed by atoms with Crippen LogP contribution in [0, 0.1) is 13.8 Å². The van der Waals surface area contributed by atoms with Crippen LogP contribution in [0.5, 0.6) is 0 Å². The van der Waals surface area contributed by atoms with Gasteiger partial charge < -0.3 is 5.32 Å². The summed E-state index contributed by atoms with van der Waals surface area (Å²) in [5, 5.41) is 2.75. The Morgan fingerprint density at radius 3 is 2.58 bits per heavy atom. The first-order chi connectivity index (χ1) is 9.15. The molecule has 19 heavy (non-hydrogen) atoms. The van der Waals surface area contributed by atoms with E-state index in [1.165, 1.54) is 11.6 Å². The molecule has 0 fully saturated rings. The van der Waals surface area contributed by atoms with Crippen molar-refractivity contribution in [2.24, 2.45) is 0 Å². The third-order valence-corrected chi connectivity index (χ3v) is 2.76. The minimum atomic E-state index is -0.178. The summed E-state index contributed by atoms with van der Waals surface area (Å²) < 4.78 is 0. The molecule has 1 N–H and O–H groups in total. The molecule has 2 rings (SSSR count). The Balaban J connectivity index is 2.02. The number of amides is 1. The predicted molar refractivity (Wildman–Crippen MR) is 77.8 cm³/mol. The lowest BCUT2D eigenvalue weighted by molar-refractivity contribution is -0.111. The van der Waals surface area contributed by atoms with Crippen LogP contribution in [-0.4, -0.2) is 10.9 Å².